The molecule has 10 heavy (non-hydrogen) atoms. The van der Waals surface area contributed by atoms with E-state index >= 15 is 0 Å². The van der Waals surface area contributed by atoms with Crippen molar-refractivity contribution in [3.63, 3.8) is 0 Å². The van der Waals surface area contributed by atoms with Crippen LogP contribution in [0.3, 0.4) is 0 Å². The van der Waals surface area contributed by atoms with Crippen LogP contribution in [-0.4, -0.2) is 49.0 Å². The molecule has 0 radical (unpaired) electrons. The van der Waals surface area contributed by atoms with Crippen molar-refractivity contribution >= 4 is 7.85 Å². The van der Waals surface area contributed by atoms with Crippen molar-refractivity contribution in [2.75, 3.05) is 6.61 Å². The fraction of sp³-hybridized carbons (Fsp3) is 1.00. The lowest BCUT2D eigenvalue weighted by Gasteiger charge is -2.09. The molecule has 0 aromatic heterocycles. The lowest BCUT2D eigenvalue weighted by molar-refractivity contribution is -0.00566. The summed E-state index contributed by atoms with van der Waals surface area (Å²) in [6.07, 6.45) is -3.28. The molecule has 4 unspecified atom stereocenters. The standard InChI is InChI=1S/C5H10BFO3/c6-5-3(7)4(9)2(1-8)10-5/h2-5,8-9H,1,6H2. The third-order valence-electron chi connectivity index (χ3n) is 1.73. The Kier molecular flexibility index (Phi) is 2.28. The normalized spacial score (nSPS) is 47.9. The van der Waals surface area contributed by atoms with Gasteiger partial charge in [-0.25, -0.2) is 4.39 Å². The SMILES string of the molecule is BC1OC(CO)C(O)C1F. The van der Waals surface area contributed by atoms with Crippen LogP contribution >= 0.6 is 0 Å². The second-order valence-corrected chi connectivity index (χ2v) is 2.50. The Morgan fingerprint density at radius 3 is 2.40 bits per heavy atom. The fourth-order valence-electron chi connectivity index (χ4n) is 1.07. The van der Waals surface area contributed by atoms with Gasteiger partial charge in [0.2, 0.25) is 0 Å². The highest BCUT2D eigenvalue weighted by Crippen LogP contribution is 2.21. The maximum absolute atomic E-state index is 12.7. The zero-order chi connectivity index (χ0) is 7.72. The van der Waals surface area contributed by atoms with Gasteiger partial charge < -0.3 is 14.9 Å². The molecule has 1 saturated heterocycles. The Balaban J connectivity index is 2.53. The predicted molar refractivity (Wildman–Crippen MR) is 35.2 cm³/mol. The minimum absolute atomic E-state index is 0.327. The van der Waals surface area contributed by atoms with Crippen LogP contribution in [0.1, 0.15) is 0 Å². The van der Waals surface area contributed by atoms with Gasteiger partial charge in [0.15, 0.2) is 0 Å². The Morgan fingerprint density at radius 1 is 1.60 bits per heavy atom. The second-order valence-electron chi connectivity index (χ2n) is 2.50. The van der Waals surface area contributed by atoms with Gasteiger partial charge in [0.1, 0.15) is 26.2 Å². The summed E-state index contributed by atoms with van der Waals surface area (Å²) in [4.78, 5) is 0. The molecule has 1 heterocycles. The second kappa shape index (κ2) is 2.86. The van der Waals surface area contributed by atoms with Gasteiger partial charge in [-0.05, 0) is 0 Å². The molecule has 0 aliphatic carbocycles. The molecule has 1 rings (SSSR count). The summed E-state index contributed by atoms with van der Waals surface area (Å²) in [5.74, 6) is 0. The van der Waals surface area contributed by atoms with E-state index in [1.54, 1.807) is 0 Å². The Labute approximate surface area is 59.2 Å². The van der Waals surface area contributed by atoms with Crippen molar-refractivity contribution in [1.29, 1.82) is 0 Å². The van der Waals surface area contributed by atoms with Crippen molar-refractivity contribution in [2.45, 2.75) is 24.4 Å². The van der Waals surface area contributed by atoms with Gasteiger partial charge >= 0.3 is 0 Å². The van der Waals surface area contributed by atoms with Crippen molar-refractivity contribution in [2.24, 2.45) is 0 Å². The number of hydrogen-bond acceptors (Lipinski definition) is 3. The Bertz CT molecular complexity index is 123. The van der Waals surface area contributed by atoms with E-state index < -0.39 is 24.4 Å². The average molecular weight is 148 g/mol. The highest BCUT2D eigenvalue weighted by atomic mass is 19.1. The zero-order valence-electron chi connectivity index (χ0n) is 5.70. The van der Waals surface area contributed by atoms with E-state index in [0.29, 0.717) is 0 Å². The first-order valence-corrected chi connectivity index (χ1v) is 3.25. The van der Waals surface area contributed by atoms with E-state index in [-0.39, 0.29) is 6.61 Å². The third-order valence-corrected chi connectivity index (χ3v) is 1.73. The largest absolute Gasteiger partial charge is 0.394 e. The first-order chi connectivity index (χ1) is 4.66. The van der Waals surface area contributed by atoms with Crippen molar-refractivity contribution < 1.29 is 19.3 Å². The number of aliphatic hydroxyl groups excluding tert-OH is 2. The predicted octanol–water partition coefficient (Wildman–Crippen LogP) is -1.96. The molecule has 4 atom stereocenters. The highest BCUT2D eigenvalue weighted by Gasteiger charge is 2.40. The quantitative estimate of drug-likeness (QED) is 0.424. The zero-order valence-corrected chi connectivity index (χ0v) is 5.70. The van der Waals surface area contributed by atoms with Gasteiger partial charge in [-0.3, -0.25) is 0 Å². The summed E-state index contributed by atoms with van der Waals surface area (Å²) in [6, 6.07) is -0.604. The van der Waals surface area contributed by atoms with Crippen LogP contribution in [0, 0.1) is 0 Å². The number of hydrogen-bond donors (Lipinski definition) is 2. The Hall–Kier alpha value is -0.125. The van der Waals surface area contributed by atoms with E-state index in [0.717, 1.165) is 0 Å². The van der Waals surface area contributed by atoms with Gasteiger partial charge in [-0.2, -0.15) is 0 Å². The minimum atomic E-state index is -1.36. The first kappa shape index (κ1) is 7.98. The molecule has 0 saturated carbocycles. The van der Waals surface area contributed by atoms with Crippen LogP contribution in [0.5, 0.6) is 0 Å². The Morgan fingerprint density at radius 2 is 2.20 bits per heavy atom. The molecule has 3 nitrogen and oxygen atoms in total. The van der Waals surface area contributed by atoms with Gasteiger partial charge in [-0.1, -0.05) is 0 Å². The van der Waals surface area contributed by atoms with Crippen LogP contribution in [-0.2, 0) is 4.74 Å². The number of alkyl halides is 1. The van der Waals surface area contributed by atoms with Gasteiger partial charge in [0.05, 0.1) is 12.6 Å². The highest BCUT2D eigenvalue weighted by molar-refractivity contribution is 6.11. The monoisotopic (exact) mass is 148 g/mol. The molecule has 0 amide bonds. The van der Waals surface area contributed by atoms with Crippen molar-refractivity contribution in [1.82, 2.24) is 0 Å². The number of ether oxygens (including phenoxy) is 1. The van der Waals surface area contributed by atoms with Crippen LogP contribution < -0.4 is 0 Å². The molecular weight excluding hydrogens is 138 g/mol. The molecular formula is C5H10BFO3. The fourth-order valence-corrected chi connectivity index (χ4v) is 1.07. The minimum Gasteiger partial charge on any atom is -0.394 e. The molecule has 1 fully saturated rings. The molecule has 0 spiro atoms. The molecule has 1 aliphatic heterocycles. The van der Waals surface area contributed by atoms with E-state index in [1.165, 1.54) is 7.85 Å². The van der Waals surface area contributed by atoms with Crippen LogP contribution in [0.2, 0.25) is 0 Å². The van der Waals surface area contributed by atoms with E-state index in [1.807, 2.05) is 0 Å². The topological polar surface area (TPSA) is 49.7 Å². The lowest BCUT2D eigenvalue weighted by atomic mass is 9.94. The third kappa shape index (κ3) is 1.16. The molecule has 5 heteroatoms. The molecule has 0 aromatic carbocycles. The molecule has 0 aromatic rings. The number of aliphatic hydroxyl groups is 2. The number of halogens is 1. The van der Waals surface area contributed by atoms with E-state index in [9.17, 15) is 4.39 Å². The summed E-state index contributed by atoms with van der Waals surface area (Å²) in [7, 11) is 1.53. The summed E-state index contributed by atoms with van der Waals surface area (Å²) >= 11 is 0. The maximum atomic E-state index is 12.7. The van der Waals surface area contributed by atoms with E-state index in [4.69, 9.17) is 14.9 Å². The molecule has 58 valence electrons. The van der Waals surface area contributed by atoms with E-state index in [2.05, 4.69) is 0 Å². The molecule has 1 aliphatic rings. The van der Waals surface area contributed by atoms with Crippen molar-refractivity contribution in [3.05, 3.63) is 0 Å². The summed E-state index contributed by atoms with van der Waals surface area (Å²) in [6.45, 7) is -0.327. The van der Waals surface area contributed by atoms with Crippen molar-refractivity contribution in [3.8, 4) is 0 Å². The van der Waals surface area contributed by atoms with Crippen LogP contribution in [0.4, 0.5) is 4.39 Å². The lowest BCUT2D eigenvalue weighted by Crippen LogP contribution is -2.30. The van der Waals surface area contributed by atoms with Gasteiger partial charge in [0, 0.05) is 0 Å². The van der Waals surface area contributed by atoms with Crippen LogP contribution in [0.15, 0.2) is 0 Å². The van der Waals surface area contributed by atoms with Crippen LogP contribution in [0.25, 0.3) is 0 Å². The van der Waals surface area contributed by atoms with Gasteiger partial charge in [-0.15, -0.1) is 0 Å². The average Bonchev–Trinajstić information content (AvgIpc) is 2.17. The summed E-state index contributed by atoms with van der Waals surface area (Å²) in [5.41, 5.74) is 0. The maximum Gasteiger partial charge on any atom is 0.147 e. The summed E-state index contributed by atoms with van der Waals surface area (Å²) < 4.78 is 17.5. The smallest absolute Gasteiger partial charge is 0.147 e. The molecule has 0 bridgehead atoms. The first-order valence-electron chi connectivity index (χ1n) is 3.25. The number of rotatable bonds is 1. The molecule has 2 N–H and O–H groups in total. The summed E-state index contributed by atoms with van der Waals surface area (Å²) in [5, 5.41) is 17.5. The van der Waals surface area contributed by atoms with Gasteiger partial charge in [0.25, 0.3) is 0 Å².